The molecule has 0 radical (unpaired) electrons. The van der Waals surface area contributed by atoms with E-state index in [1.807, 2.05) is 0 Å². The van der Waals surface area contributed by atoms with Gasteiger partial charge in [0.25, 0.3) is 0 Å². The molecule has 1 saturated heterocycles. The van der Waals surface area contributed by atoms with Gasteiger partial charge < -0.3 is 14.8 Å². The first-order chi connectivity index (χ1) is 23.1. The first-order valence-electron chi connectivity index (χ1n) is 20.6. The number of hydrogen-bond donors (Lipinski definition) is 1. The van der Waals surface area contributed by atoms with Crippen molar-refractivity contribution in [3.05, 3.63) is 0 Å². The van der Waals surface area contributed by atoms with Gasteiger partial charge in [-0.05, 0) is 122 Å². The third kappa shape index (κ3) is 5.44. The molecular weight excluding hydrogens is 629 g/mol. The van der Waals surface area contributed by atoms with Crippen molar-refractivity contribution in [2.45, 2.75) is 157 Å². The van der Waals surface area contributed by atoms with E-state index in [0.717, 1.165) is 68.5 Å². The summed E-state index contributed by atoms with van der Waals surface area (Å²) < 4.78 is 18.5. The van der Waals surface area contributed by atoms with Gasteiger partial charge in [0.15, 0.2) is 0 Å². The topological polar surface area (TPSA) is 75.7 Å². The van der Waals surface area contributed by atoms with E-state index in [2.05, 4.69) is 65.6 Å². The molecule has 1 N–H and O–H groups in total. The Labute approximate surface area is 301 Å². The fourth-order valence-electron chi connectivity index (χ4n) is 14.7. The molecule has 0 aromatic carbocycles. The van der Waals surface area contributed by atoms with E-state index in [4.69, 9.17) is 4.74 Å². The molecule has 0 spiro atoms. The molecule has 0 bridgehead atoms. The highest BCUT2D eigenvalue weighted by molar-refractivity contribution is 7.85. The molecule has 11 unspecified atom stereocenters. The number of hydrogen-bond acceptors (Lipinski definition) is 6. The van der Waals surface area contributed by atoms with Gasteiger partial charge in [-0.25, -0.2) is 0 Å². The van der Waals surface area contributed by atoms with Crippen LogP contribution in [-0.2, 0) is 25.1 Å². The Kier molecular flexibility index (Phi) is 9.45. The van der Waals surface area contributed by atoms with Crippen LogP contribution in [0.5, 0.6) is 0 Å². The van der Waals surface area contributed by atoms with E-state index >= 15 is 0 Å². The Balaban J connectivity index is 1.06. The molecule has 1 heterocycles. The van der Waals surface area contributed by atoms with Crippen LogP contribution in [0.2, 0.25) is 0 Å². The first-order valence-corrected chi connectivity index (χ1v) is 22.1. The summed E-state index contributed by atoms with van der Waals surface area (Å²) in [6, 6.07) is 0.552. The molecule has 6 aliphatic carbocycles. The second kappa shape index (κ2) is 12.7. The van der Waals surface area contributed by atoms with Gasteiger partial charge in [-0.3, -0.25) is 13.9 Å². The minimum Gasteiger partial charge on any atom is -0.462 e. The maximum absolute atomic E-state index is 13.5. The SMILES string of the molecule is CCC(CNC12CCCC1C1CCC3C4(C)CCC(OC(=O)C5CC(C=O)C5(C)C)C(C)(C)C4CCC3(C)[C@]1(C)CC2)N1CCS(=O)CC1. The molecule has 0 amide bonds. The molecule has 0 aromatic rings. The highest BCUT2D eigenvalue weighted by Crippen LogP contribution is 2.76. The summed E-state index contributed by atoms with van der Waals surface area (Å²) in [5.74, 6) is 4.26. The number of ether oxygens (including phenoxy) is 1. The van der Waals surface area contributed by atoms with Crippen LogP contribution in [0.4, 0.5) is 0 Å². The summed E-state index contributed by atoms with van der Waals surface area (Å²) in [4.78, 5) is 27.7. The Hall–Kier alpha value is -0.790. The highest BCUT2D eigenvalue weighted by atomic mass is 32.2. The minimum atomic E-state index is -0.621. The Morgan fingerprint density at radius 2 is 1.59 bits per heavy atom. The van der Waals surface area contributed by atoms with Crippen molar-refractivity contribution in [1.29, 1.82) is 0 Å². The predicted molar refractivity (Wildman–Crippen MR) is 198 cm³/mol. The van der Waals surface area contributed by atoms with Crippen LogP contribution >= 0.6 is 0 Å². The van der Waals surface area contributed by atoms with E-state index in [-0.39, 0.29) is 40.2 Å². The number of nitrogens with one attached hydrogen (secondary N) is 1. The van der Waals surface area contributed by atoms with Crippen molar-refractivity contribution >= 4 is 23.1 Å². The Morgan fingerprint density at radius 1 is 0.857 bits per heavy atom. The molecule has 278 valence electrons. The van der Waals surface area contributed by atoms with Gasteiger partial charge in [0, 0.05) is 64.9 Å². The van der Waals surface area contributed by atoms with Crippen LogP contribution in [0.15, 0.2) is 0 Å². The van der Waals surface area contributed by atoms with E-state index in [1.54, 1.807) is 0 Å². The zero-order valence-electron chi connectivity index (χ0n) is 32.4. The molecule has 0 aromatic heterocycles. The number of nitrogens with zero attached hydrogens (tertiary/aromatic N) is 1. The van der Waals surface area contributed by atoms with Crippen molar-refractivity contribution in [1.82, 2.24) is 10.2 Å². The highest BCUT2D eigenvalue weighted by Gasteiger charge is 2.70. The lowest BCUT2D eigenvalue weighted by molar-refractivity contribution is -0.247. The number of aldehydes is 1. The maximum Gasteiger partial charge on any atom is 0.309 e. The monoisotopic (exact) mass is 699 g/mol. The van der Waals surface area contributed by atoms with Crippen LogP contribution in [-0.4, -0.2) is 70.2 Å². The molecule has 7 rings (SSSR count). The third-order valence-corrected chi connectivity index (χ3v) is 19.5. The third-order valence-electron chi connectivity index (χ3n) is 18.2. The summed E-state index contributed by atoms with van der Waals surface area (Å²) in [6.07, 6.45) is 16.9. The van der Waals surface area contributed by atoms with Crippen LogP contribution in [0.3, 0.4) is 0 Å². The average Bonchev–Trinajstić information content (AvgIpc) is 3.48. The van der Waals surface area contributed by atoms with Crippen LogP contribution in [0, 0.1) is 62.6 Å². The first kappa shape index (κ1) is 36.6. The minimum absolute atomic E-state index is 0.0351. The molecule has 49 heavy (non-hydrogen) atoms. The number of esters is 1. The number of rotatable bonds is 8. The maximum atomic E-state index is 13.5. The van der Waals surface area contributed by atoms with Crippen molar-refractivity contribution < 1.29 is 18.5 Å². The number of carbonyl (C=O) groups excluding carboxylic acids is 2. The van der Waals surface area contributed by atoms with Gasteiger partial charge >= 0.3 is 5.97 Å². The summed E-state index contributed by atoms with van der Waals surface area (Å²) in [6.45, 7) is 22.5. The smallest absolute Gasteiger partial charge is 0.309 e. The fourth-order valence-corrected chi connectivity index (χ4v) is 15.8. The molecule has 1 aliphatic heterocycles. The zero-order valence-corrected chi connectivity index (χ0v) is 33.2. The summed E-state index contributed by atoms with van der Waals surface area (Å²) >= 11 is 0. The predicted octanol–water partition coefficient (Wildman–Crippen LogP) is 7.80. The molecule has 12 atom stereocenters. The van der Waals surface area contributed by atoms with Gasteiger partial charge in [-0.2, -0.15) is 0 Å². The van der Waals surface area contributed by atoms with Gasteiger partial charge in [0.2, 0.25) is 0 Å². The molecule has 7 fully saturated rings. The second-order valence-corrected chi connectivity index (χ2v) is 22.0. The van der Waals surface area contributed by atoms with Crippen molar-refractivity contribution in [2.24, 2.45) is 62.6 Å². The van der Waals surface area contributed by atoms with Crippen LogP contribution < -0.4 is 5.32 Å². The molecule has 6 saturated carbocycles. The lowest BCUT2D eigenvalue weighted by atomic mass is 9.33. The van der Waals surface area contributed by atoms with Crippen LogP contribution in [0.25, 0.3) is 0 Å². The molecule has 7 aliphatic rings. The number of carbonyl (C=O) groups is 2. The van der Waals surface area contributed by atoms with E-state index < -0.39 is 10.8 Å². The van der Waals surface area contributed by atoms with Gasteiger partial charge in [0.1, 0.15) is 12.4 Å². The lowest BCUT2D eigenvalue weighted by Gasteiger charge is -2.72. The number of fused-ring (bicyclic) bond motifs is 7. The van der Waals surface area contributed by atoms with E-state index in [0.29, 0.717) is 40.7 Å². The summed E-state index contributed by atoms with van der Waals surface area (Å²) in [7, 11) is -0.621. The van der Waals surface area contributed by atoms with Gasteiger partial charge in [0.05, 0.1) is 5.92 Å². The van der Waals surface area contributed by atoms with Crippen molar-refractivity contribution in [3.8, 4) is 0 Å². The molecule has 6 nitrogen and oxygen atoms in total. The average molecular weight is 699 g/mol. The van der Waals surface area contributed by atoms with Gasteiger partial charge in [-0.15, -0.1) is 0 Å². The second-order valence-electron chi connectivity index (χ2n) is 20.3. The van der Waals surface area contributed by atoms with Crippen LogP contribution in [0.1, 0.15) is 139 Å². The summed E-state index contributed by atoms with van der Waals surface area (Å²) in [5, 5.41) is 4.33. The van der Waals surface area contributed by atoms with E-state index in [9.17, 15) is 13.8 Å². The lowest BCUT2D eigenvalue weighted by Crippen LogP contribution is -2.68. The Bertz CT molecular complexity index is 1310. The molecular formula is C42H70N2O4S. The Morgan fingerprint density at radius 3 is 2.27 bits per heavy atom. The van der Waals surface area contributed by atoms with Crippen molar-refractivity contribution in [3.63, 3.8) is 0 Å². The summed E-state index contributed by atoms with van der Waals surface area (Å²) in [5.41, 5.74) is 0.906. The quantitative estimate of drug-likeness (QED) is 0.206. The zero-order chi connectivity index (χ0) is 35.2. The fraction of sp³-hybridized carbons (Fsp3) is 0.952. The molecule has 7 heteroatoms. The van der Waals surface area contributed by atoms with Crippen molar-refractivity contribution in [2.75, 3.05) is 31.1 Å². The van der Waals surface area contributed by atoms with Gasteiger partial charge in [-0.1, -0.05) is 61.8 Å². The standard InChI is InChI=1S/C42H70N2O4S/c1-9-29(44-21-23-49(47)24-22-44)26-43-42-16-10-11-31(42)30-12-13-34-39(6)17-15-35(48-36(46)32-25-28(27-45)37(32,2)3)38(4,5)33(39)14-18-41(34,8)40(30,7)19-20-42/h27-35,43H,9-26H2,1-8H3/t28?,29?,30?,31?,32?,33?,34?,35?,39?,40-,41?,42?/m1/s1. The van der Waals surface area contributed by atoms with E-state index in [1.165, 1.54) is 57.8 Å². The normalized spacial score (nSPS) is 48.2. The largest absolute Gasteiger partial charge is 0.462 e.